The minimum atomic E-state index is 0.812. The Morgan fingerprint density at radius 2 is 1.67 bits per heavy atom. The van der Waals surface area contributed by atoms with Crippen LogP contribution in [-0.4, -0.2) is 0 Å². The maximum absolute atomic E-state index is 2.51. The Bertz CT molecular complexity index is 319. The monoisotopic (exact) mass is 248 g/mol. The van der Waals surface area contributed by atoms with Gasteiger partial charge in [0.05, 0.1) is 0 Å². The number of rotatable bonds is 0. The summed E-state index contributed by atoms with van der Waals surface area (Å²) in [6.45, 7) is 13.6. The molecule has 104 valence electrons. The smallest absolute Gasteiger partial charge is 0.0200 e. The highest BCUT2D eigenvalue weighted by Gasteiger charge is 2.25. The van der Waals surface area contributed by atoms with Gasteiger partial charge in [-0.25, -0.2) is 0 Å². The van der Waals surface area contributed by atoms with Crippen LogP contribution in [0.3, 0.4) is 0 Å². The van der Waals surface area contributed by atoms with Crippen LogP contribution in [0.25, 0.3) is 0 Å². The van der Waals surface area contributed by atoms with E-state index < -0.39 is 0 Å². The summed E-state index contributed by atoms with van der Waals surface area (Å²) in [5.74, 6) is 2.57. The molecule has 0 aliphatic heterocycles. The average molecular weight is 248 g/mol. The summed E-state index contributed by atoms with van der Waals surface area (Å²) in [4.78, 5) is 0. The molecule has 0 saturated heterocycles. The molecular formula is C18H32. The highest BCUT2D eigenvalue weighted by molar-refractivity contribution is 5.33. The molecule has 0 bridgehead atoms. The Balaban J connectivity index is 0.000000771. The Kier molecular flexibility index (Phi) is 6.18. The Morgan fingerprint density at radius 1 is 1.00 bits per heavy atom. The van der Waals surface area contributed by atoms with Crippen molar-refractivity contribution in [2.45, 2.75) is 73.6 Å². The van der Waals surface area contributed by atoms with Gasteiger partial charge in [0.15, 0.2) is 0 Å². The summed E-state index contributed by atoms with van der Waals surface area (Å²) < 4.78 is 0. The predicted molar refractivity (Wildman–Crippen MR) is 82.7 cm³/mol. The predicted octanol–water partition coefficient (Wildman–Crippen LogP) is 6.14. The number of allylic oxidation sites excluding steroid dienone is 4. The molecule has 0 aromatic rings. The second-order valence-corrected chi connectivity index (χ2v) is 6.19. The first-order valence-corrected chi connectivity index (χ1v) is 7.97. The summed E-state index contributed by atoms with van der Waals surface area (Å²) in [5.41, 5.74) is 5.07. The van der Waals surface area contributed by atoms with E-state index in [4.69, 9.17) is 0 Å². The van der Waals surface area contributed by atoms with Crippen molar-refractivity contribution in [3.8, 4) is 0 Å². The first kappa shape index (κ1) is 15.5. The minimum Gasteiger partial charge on any atom is -0.0730 e. The topological polar surface area (TPSA) is 0 Å². The van der Waals surface area contributed by atoms with E-state index in [-0.39, 0.29) is 0 Å². The number of hydrogen-bond acceptors (Lipinski definition) is 0. The summed E-state index contributed by atoms with van der Waals surface area (Å²) in [7, 11) is 0. The van der Waals surface area contributed by atoms with E-state index in [1.807, 2.05) is 13.8 Å². The largest absolute Gasteiger partial charge is 0.0730 e. The summed E-state index contributed by atoms with van der Waals surface area (Å²) in [5, 5.41) is 0. The maximum Gasteiger partial charge on any atom is -0.0200 e. The third-order valence-corrected chi connectivity index (χ3v) is 4.71. The van der Waals surface area contributed by atoms with Gasteiger partial charge in [-0.2, -0.15) is 0 Å². The molecular weight excluding hydrogens is 216 g/mol. The lowest BCUT2D eigenvalue weighted by molar-refractivity contribution is 0.371. The fourth-order valence-electron chi connectivity index (χ4n) is 3.26. The van der Waals surface area contributed by atoms with Gasteiger partial charge < -0.3 is 0 Å². The van der Waals surface area contributed by atoms with Crippen molar-refractivity contribution >= 4 is 0 Å². The lowest BCUT2D eigenvalue weighted by atomic mass is 9.73. The van der Waals surface area contributed by atoms with E-state index in [0.29, 0.717) is 0 Å². The van der Waals surface area contributed by atoms with E-state index in [0.717, 1.165) is 17.8 Å². The van der Waals surface area contributed by atoms with Crippen molar-refractivity contribution in [3.05, 3.63) is 22.8 Å². The molecule has 0 heterocycles. The Hall–Kier alpha value is -0.520. The maximum atomic E-state index is 2.51. The lowest BCUT2D eigenvalue weighted by Crippen LogP contribution is -2.19. The molecule has 3 unspecified atom stereocenters. The van der Waals surface area contributed by atoms with Crippen molar-refractivity contribution in [1.82, 2.24) is 0 Å². The summed E-state index contributed by atoms with van der Waals surface area (Å²) >= 11 is 0. The zero-order valence-electron chi connectivity index (χ0n) is 13.3. The first-order chi connectivity index (χ1) is 8.58. The molecule has 0 aromatic heterocycles. The first-order valence-electron chi connectivity index (χ1n) is 7.97. The van der Waals surface area contributed by atoms with E-state index >= 15 is 0 Å². The molecule has 0 aromatic carbocycles. The Labute approximate surface area is 115 Å². The van der Waals surface area contributed by atoms with E-state index in [1.165, 1.54) is 32.1 Å². The number of hydrogen-bond donors (Lipinski definition) is 0. The van der Waals surface area contributed by atoms with Crippen molar-refractivity contribution in [2.24, 2.45) is 17.8 Å². The molecule has 0 radical (unpaired) electrons. The van der Waals surface area contributed by atoms with Crippen molar-refractivity contribution < 1.29 is 0 Å². The van der Waals surface area contributed by atoms with E-state index in [9.17, 15) is 0 Å². The van der Waals surface area contributed by atoms with Crippen LogP contribution < -0.4 is 0 Å². The average Bonchev–Trinajstić information content (AvgIpc) is 2.37. The SMILES string of the molecule is C/C1=C\C2=C(CCC(C)C2)C(C)C(C)CC1.CC. The molecule has 2 aliphatic carbocycles. The van der Waals surface area contributed by atoms with Crippen LogP contribution in [-0.2, 0) is 0 Å². The van der Waals surface area contributed by atoms with Crippen LogP contribution >= 0.6 is 0 Å². The van der Waals surface area contributed by atoms with Gasteiger partial charge in [0.25, 0.3) is 0 Å². The third-order valence-electron chi connectivity index (χ3n) is 4.71. The highest BCUT2D eigenvalue weighted by atomic mass is 14.3. The lowest BCUT2D eigenvalue weighted by Gasteiger charge is -2.32. The van der Waals surface area contributed by atoms with Crippen LogP contribution in [0.5, 0.6) is 0 Å². The van der Waals surface area contributed by atoms with E-state index in [1.54, 1.807) is 16.7 Å². The molecule has 0 N–H and O–H groups in total. The Morgan fingerprint density at radius 3 is 2.33 bits per heavy atom. The van der Waals surface area contributed by atoms with Gasteiger partial charge in [-0.1, -0.05) is 51.8 Å². The zero-order valence-corrected chi connectivity index (χ0v) is 13.3. The zero-order chi connectivity index (χ0) is 13.7. The van der Waals surface area contributed by atoms with Gasteiger partial charge >= 0.3 is 0 Å². The molecule has 0 heteroatoms. The molecule has 0 spiro atoms. The van der Waals surface area contributed by atoms with Gasteiger partial charge in [-0.3, -0.25) is 0 Å². The highest BCUT2D eigenvalue weighted by Crippen LogP contribution is 2.40. The summed E-state index contributed by atoms with van der Waals surface area (Å²) in [6, 6.07) is 0. The second-order valence-electron chi connectivity index (χ2n) is 6.19. The van der Waals surface area contributed by atoms with Crippen LogP contribution in [0.2, 0.25) is 0 Å². The second kappa shape index (κ2) is 7.16. The molecule has 18 heavy (non-hydrogen) atoms. The summed E-state index contributed by atoms with van der Waals surface area (Å²) in [6.07, 6.45) is 9.26. The molecule has 3 atom stereocenters. The molecule has 2 rings (SSSR count). The van der Waals surface area contributed by atoms with Crippen LogP contribution in [0.15, 0.2) is 22.8 Å². The standard InChI is InChI=1S/C16H26.C2H6/c1-11-5-7-13(3)14(4)16-8-6-12(2)10-15(16)9-11;1-2/h9,12-14H,5-8,10H2,1-4H3;1-2H3/b11-9+;. The van der Waals surface area contributed by atoms with Crippen LogP contribution in [0.4, 0.5) is 0 Å². The van der Waals surface area contributed by atoms with Crippen molar-refractivity contribution in [3.63, 3.8) is 0 Å². The van der Waals surface area contributed by atoms with Crippen molar-refractivity contribution in [2.75, 3.05) is 0 Å². The molecule has 0 nitrogen and oxygen atoms in total. The molecule has 0 fully saturated rings. The normalized spacial score (nSPS) is 35.4. The molecule has 0 saturated carbocycles. The van der Waals surface area contributed by atoms with Crippen LogP contribution in [0.1, 0.15) is 73.6 Å². The van der Waals surface area contributed by atoms with Gasteiger partial charge in [-0.05, 0) is 62.4 Å². The molecule has 0 amide bonds. The third kappa shape index (κ3) is 3.73. The minimum absolute atomic E-state index is 0.812. The van der Waals surface area contributed by atoms with Gasteiger partial charge in [0.1, 0.15) is 0 Å². The van der Waals surface area contributed by atoms with Gasteiger partial charge in [0, 0.05) is 0 Å². The fraction of sp³-hybridized carbons (Fsp3) is 0.778. The van der Waals surface area contributed by atoms with Crippen molar-refractivity contribution in [1.29, 1.82) is 0 Å². The van der Waals surface area contributed by atoms with Gasteiger partial charge in [0.2, 0.25) is 0 Å². The quantitative estimate of drug-likeness (QED) is 0.483. The fourth-order valence-corrected chi connectivity index (χ4v) is 3.26. The molecule has 2 aliphatic rings. The van der Waals surface area contributed by atoms with Gasteiger partial charge in [-0.15, -0.1) is 0 Å². The van der Waals surface area contributed by atoms with Crippen LogP contribution in [0, 0.1) is 17.8 Å². The van der Waals surface area contributed by atoms with E-state index in [2.05, 4.69) is 33.8 Å².